The van der Waals surface area contributed by atoms with Gasteiger partial charge in [-0.1, -0.05) is 13.0 Å². The van der Waals surface area contributed by atoms with Crippen LogP contribution < -0.4 is 5.32 Å². The lowest BCUT2D eigenvalue weighted by molar-refractivity contribution is -0.384. The highest BCUT2D eigenvalue weighted by atomic mass is 79.9. The van der Waals surface area contributed by atoms with Crippen LogP contribution in [0.15, 0.2) is 44.6 Å². The van der Waals surface area contributed by atoms with E-state index in [1.165, 1.54) is 29.5 Å². The summed E-state index contributed by atoms with van der Waals surface area (Å²) in [5.41, 5.74) is 0.412. The van der Waals surface area contributed by atoms with E-state index in [1.807, 2.05) is 29.3 Å². The van der Waals surface area contributed by atoms with Crippen LogP contribution in [-0.4, -0.2) is 39.0 Å². The zero-order chi connectivity index (χ0) is 20.8. The second-order valence-electron chi connectivity index (χ2n) is 6.16. The van der Waals surface area contributed by atoms with Gasteiger partial charge in [0.15, 0.2) is 0 Å². The van der Waals surface area contributed by atoms with E-state index in [0.29, 0.717) is 35.0 Å². The molecule has 0 bridgehead atoms. The second-order valence-corrected chi connectivity index (χ2v) is 7.96. The van der Waals surface area contributed by atoms with Crippen LogP contribution in [0, 0.1) is 10.1 Å². The van der Waals surface area contributed by atoms with Crippen molar-refractivity contribution in [3.05, 3.63) is 56.2 Å². The van der Waals surface area contributed by atoms with Crippen molar-refractivity contribution in [2.24, 2.45) is 0 Å². The number of thiophene rings is 1. The molecule has 1 amide bonds. The van der Waals surface area contributed by atoms with Crippen LogP contribution in [0.25, 0.3) is 10.8 Å². The molecule has 0 aliphatic carbocycles. The maximum absolute atomic E-state index is 12.5. The molecular formula is C18H18BrN5O4S. The Morgan fingerprint density at radius 2 is 2.21 bits per heavy atom. The fraction of sp³-hybridized carbons (Fsp3) is 0.278. The number of carbonyl (C=O) groups is 1. The van der Waals surface area contributed by atoms with E-state index in [0.717, 1.165) is 11.3 Å². The third kappa shape index (κ3) is 5.68. The first-order valence-corrected chi connectivity index (χ1v) is 10.5. The van der Waals surface area contributed by atoms with Crippen LogP contribution in [0.3, 0.4) is 0 Å². The number of hydrogen-bond acceptors (Lipinski definition) is 8. The minimum Gasteiger partial charge on any atom is -0.419 e. The molecular weight excluding hydrogens is 462 g/mol. The fourth-order valence-electron chi connectivity index (χ4n) is 2.65. The fourth-order valence-corrected chi connectivity index (χ4v) is 3.76. The number of nitrogens with one attached hydrogen (secondary N) is 1. The van der Waals surface area contributed by atoms with Crippen LogP contribution >= 0.6 is 27.3 Å². The van der Waals surface area contributed by atoms with Crippen LogP contribution in [-0.2, 0) is 11.3 Å². The summed E-state index contributed by atoms with van der Waals surface area (Å²) >= 11 is 4.77. The third-order valence-corrected chi connectivity index (χ3v) is 5.42. The first-order valence-electron chi connectivity index (χ1n) is 8.78. The quantitative estimate of drug-likeness (QED) is 0.358. The summed E-state index contributed by atoms with van der Waals surface area (Å²) in [5.74, 6) is 0.655. The molecule has 2 heterocycles. The number of hydrogen-bond donors (Lipinski definition) is 1. The van der Waals surface area contributed by atoms with Crippen LogP contribution in [0.4, 0.5) is 11.4 Å². The summed E-state index contributed by atoms with van der Waals surface area (Å²) in [7, 11) is 0. The number of benzene rings is 1. The minimum atomic E-state index is -0.492. The number of aromatic nitrogens is 2. The van der Waals surface area contributed by atoms with Gasteiger partial charge in [-0.2, -0.15) is 0 Å². The number of nitro benzene ring substituents is 1. The molecule has 3 rings (SSSR count). The van der Waals surface area contributed by atoms with E-state index in [1.54, 1.807) is 0 Å². The Morgan fingerprint density at radius 1 is 1.38 bits per heavy atom. The molecule has 29 heavy (non-hydrogen) atoms. The van der Waals surface area contributed by atoms with Crippen molar-refractivity contribution in [2.75, 3.05) is 18.4 Å². The predicted molar refractivity (Wildman–Crippen MR) is 113 cm³/mol. The Balaban J connectivity index is 1.62. The highest BCUT2D eigenvalue weighted by Gasteiger charge is 2.17. The van der Waals surface area contributed by atoms with Crippen molar-refractivity contribution in [3.8, 4) is 10.8 Å². The smallest absolute Gasteiger partial charge is 0.270 e. The number of rotatable bonds is 9. The zero-order valence-electron chi connectivity index (χ0n) is 15.5. The SMILES string of the molecule is CCCN(CC(=O)Nc1ccc([N+](=O)[O-])cc1Br)Cc1nnc(-c2cccs2)o1. The summed E-state index contributed by atoms with van der Waals surface area (Å²) in [6, 6.07) is 8.00. The molecule has 0 fully saturated rings. The number of carbonyl (C=O) groups excluding carboxylic acids is 1. The molecule has 0 aliphatic rings. The highest BCUT2D eigenvalue weighted by Crippen LogP contribution is 2.27. The third-order valence-electron chi connectivity index (χ3n) is 3.90. The van der Waals surface area contributed by atoms with Crippen molar-refractivity contribution >= 4 is 44.5 Å². The van der Waals surface area contributed by atoms with Gasteiger partial charge in [-0.3, -0.25) is 19.8 Å². The number of nitro groups is 1. The standard InChI is InChI=1S/C18H18BrN5O4S/c1-2-7-23(11-17-21-22-18(28-17)15-4-3-8-29-15)10-16(25)20-14-6-5-12(24(26)27)9-13(14)19/h3-6,8-9H,2,7,10-11H2,1H3,(H,20,25). The average molecular weight is 480 g/mol. The van der Waals surface area contributed by atoms with E-state index in [-0.39, 0.29) is 18.1 Å². The number of amides is 1. The maximum Gasteiger partial charge on any atom is 0.270 e. The van der Waals surface area contributed by atoms with Crippen LogP contribution in [0.2, 0.25) is 0 Å². The maximum atomic E-state index is 12.5. The van der Waals surface area contributed by atoms with E-state index in [4.69, 9.17) is 4.42 Å². The van der Waals surface area contributed by atoms with Gasteiger partial charge >= 0.3 is 0 Å². The van der Waals surface area contributed by atoms with Gasteiger partial charge in [0.1, 0.15) is 0 Å². The lowest BCUT2D eigenvalue weighted by Gasteiger charge is -2.19. The molecule has 3 aromatic rings. The van der Waals surface area contributed by atoms with Crippen molar-refractivity contribution in [2.45, 2.75) is 19.9 Å². The Bertz CT molecular complexity index is 992. The molecule has 0 saturated heterocycles. The normalized spacial score (nSPS) is 11.0. The summed E-state index contributed by atoms with van der Waals surface area (Å²) in [4.78, 5) is 25.6. The van der Waals surface area contributed by atoms with Crippen molar-refractivity contribution in [1.82, 2.24) is 15.1 Å². The van der Waals surface area contributed by atoms with Gasteiger partial charge in [0.2, 0.25) is 11.8 Å². The van der Waals surface area contributed by atoms with Crippen LogP contribution in [0.5, 0.6) is 0 Å². The van der Waals surface area contributed by atoms with Crippen molar-refractivity contribution in [3.63, 3.8) is 0 Å². The molecule has 0 saturated carbocycles. The van der Waals surface area contributed by atoms with Crippen molar-refractivity contribution in [1.29, 1.82) is 0 Å². The molecule has 1 N–H and O–H groups in total. The molecule has 2 aromatic heterocycles. The number of halogens is 1. The van der Waals surface area contributed by atoms with Gasteiger partial charge in [0.05, 0.1) is 28.6 Å². The van der Waals surface area contributed by atoms with E-state index >= 15 is 0 Å². The molecule has 0 spiro atoms. The monoisotopic (exact) mass is 479 g/mol. The van der Waals surface area contributed by atoms with Gasteiger partial charge in [0.25, 0.3) is 11.6 Å². The summed E-state index contributed by atoms with van der Waals surface area (Å²) in [6.45, 7) is 3.16. The number of anilines is 1. The van der Waals surface area contributed by atoms with E-state index in [9.17, 15) is 14.9 Å². The average Bonchev–Trinajstić information content (AvgIpc) is 3.35. The Kier molecular flexibility index (Phi) is 7.07. The van der Waals surface area contributed by atoms with Crippen molar-refractivity contribution < 1.29 is 14.1 Å². The first kappa shape index (κ1) is 21.1. The molecule has 11 heteroatoms. The second kappa shape index (κ2) is 9.72. The predicted octanol–water partition coefficient (Wildman–Crippen LogP) is 4.32. The summed E-state index contributed by atoms with van der Waals surface area (Å²) in [6.07, 6.45) is 0.848. The number of non-ortho nitro benzene ring substituents is 1. The lowest BCUT2D eigenvalue weighted by Crippen LogP contribution is -2.33. The molecule has 9 nitrogen and oxygen atoms in total. The van der Waals surface area contributed by atoms with Gasteiger partial charge < -0.3 is 9.73 Å². The Labute approximate surface area is 179 Å². The Morgan fingerprint density at radius 3 is 2.86 bits per heavy atom. The van der Waals surface area contributed by atoms with E-state index < -0.39 is 4.92 Å². The molecule has 1 aromatic carbocycles. The summed E-state index contributed by atoms with van der Waals surface area (Å²) < 4.78 is 6.15. The summed E-state index contributed by atoms with van der Waals surface area (Å²) in [5, 5.41) is 23.7. The Hall–Kier alpha value is -2.63. The number of nitrogens with zero attached hydrogens (tertiary/aromatic N) is 4. The van der Waals surface area contributed by atoms with Gasteiger partial charge in [-0.25, -0.2) is 0 Å². The first-order chi connectivity index (χ1) is 14.0. The largest absolute Gasteiger partial charge is 0.419 e. The topological polar surface area (TPSA) is 114 Å². The zero-order valence-corrected chi connectivity index (χ0v) is 17.9. The molecule has 152 valence electrons. The van der Waals surface area contributed by atoms with Crippen LogP contribution in [0.1, 0.15) is 19.2 Å². The molecule has 0 radical (unpaired) electrons. The lowest BCUT2D eigenvalue weighted by atomic mass is 10.3. The molecule has 0 atom stereocenters. The highest BCUT2D eigenvalue weighted by molar-refractivity contribution is 9.10. The van der Waals surface area contributed by atoms with Gasteiger partial charge in [-0.05, 0) is 46.4 Å². The minimum absolute atomic E-state index is 0.0552. The molecule has 0 aliphatic heterocycles. The van der Waals surface area contributed by atoms with Gasteiger partial charge in [-0.15, -0.1) is 21.5 Å². The van der Waals surface area contributed by atoms with Gasteiger partial charge in [0, 0.05) is 16.6 Å². The van der Waals surface area contributed by atoms with E-state index in [2.05, 4.69) is 31.4 Å². The molecule has 0 unspecified atom stereocenters.